The molecule has 1 aromatic heterocycles. The lowest BCUT2D eigenvalue weighted by Crippen LogP contribution is -2.41. The standard InChI is InChI=1S/C15H15F3N4OS/c1-19-15(20-7-9-3-2-6-24-9)21-8-12(23)22-11-5-4-10(16)13(17)14(11)18/h2-6H,7-8H2,1H3,(H,22,23)(H2,19,20,21). The van der Waals surface area contributed by atoms with Crippen LogP contribution in [0, 0.1) is 17.5 Å². The fraction of sp³-hybridized carbons (Fsp3) is 0.200. The second kappa shape index (κ2) is 8.34. The summed E-state index contributed by atoms with van der Waals surface area (Å²) in [4.78, 5) is 16.8. The van der Waals surface area contributed by atoms with Crippen LogP contribution in [0.2, 0.25) is 0 Å². The smallest absolute Gasteiger partial charge is 0.243 e. The van der Waals surface area contributed by atoms with E-state index in [9.17, 15) is 18.0 Å². The van der Waals surface area contributed by atoms with Gasteiger partial charge in [-0.15, -0.1) is 11.3 Å². The maximum absolute atomic E-state index is 13.5. The van der Waals surface area contributed by atoms with Gasteiger partial charge in [-0.25, -0.2) is 13.2 Å². The molecule has 2 rings (SSSR count). The van der Waals surface area contributed by atoms with Crippen LogP contribution < -0.4 is 16.0 Å². The monoisotopic (exact) mass is 356 g/mol. The van der Waals surface area contributed by atoms with Gasteiger partial charge in [0.05, 0.1) is 18.8 Å². The van der Waals surface area contributed by atoms with Gasteiger partial charge in [0.25, 0.3) is 0 Å². The van der Waals surface area contributed by atoms with Crippen molar-refractivity contribution in [3.05, 3.63) is 52.0 Å². The molecule has 128 valence electrons. The van der Waals surface area contributed by atoms with Crippen LogP contribution in [0.3, 0.4) is 0 Å². The van der Waals surface area contributed by atoms with Crippen molar-refractivity contribution < 1.29 is 18.0 Å². The van der Waals surface area contributed by atoms with Gasteiger partial charge >= 0.3 is 0 Å². The van der Waals surface area contributed by atoms with Crippen LogP contribution in [0.5, 0.6) is 0 Å². The molecule has 0 unspecified atom stereocenters. The number of aliphatic imine (C=N–C) groups is 1. The summed E-state index contributed by atoms with van der Waals surface area (Å²) in [6, 6.07) is 5.56. The van der Waals surface area contributed by atoms with Crippen molar-refractivity contribution >= 4 is 28.9 Å². The maximum atomic E-state index is 13.5. The second-order valence-corrected chi connectivity index (χ2v) is 5.66. The van der Waals surface area contributed by atoms with Crippen LogP contribution in [0.25, 0.3) is 0 Å². The van der Waals surface area contributed by atoms with Gasteiger partial charge in [-0.05, 0) is 23.6 Å². The van der Waals surface area contributed by atoms with E-state index in [-0.39, 0.29) is 6.54 Å². The van der Waals surface area contributed by atoms with Gasteiger partial charge in [0.2, 0.25) is 5.91 Å². The summed E-state index contributed by atoms with van der Waals surface area (Å²) < 4.78 is 39.4. The van der Waals surface area contributed by atoms with E-state index in [1.807, 2.05) is 17.5 Å². The zero-order valence-electron chi connectivity index (χ0n) is 12.7. The van der Waals surface area contributed by atoms with Crippen molar-refractivity contribution in [1.82, 2.24) is 10.6 Å². The zero-order chi connectivity index (χ0) is 17.5. The third kappa shape index (κ3) is 4.72. The van der Waals surface area contributed by atoms with Crippen molar-refractivity contribution in [2.24, 2.45) is 4.99 Å². The van der Waals surface area contributed by atoms with Crippen molar-refractivity contribution in [3.8, 4) is 0 Å². The van der Waals surface area contributed by atoms with E-state index >= 15 is 0 Å². The molecule has 0 fully saturated rings. The molecule has 0 aliphatic carbocycles. The fourth-order valence-corrected chi connectivity index (χ4v) is 2.43. The number of hydrogen-bond donors (Lipinski definition) is 3. The quantitative estimate of drug-likeness (QED) is 0.438. The molecule has 1 aromatic carbocycles. The number of hydrogen-bond acceptors (Lipinski definition) is 3. The number of carbonyl (C=O) groups excluding carboxylic acids is 1. The molecule has 0 spiro atoms. The molecular formula is C15H15F3N4OS. The van der Waals surface area contributed by atoms with Gasteiger partial charge in [-0.2, -0.15) is 0 Å². The summed E-state index contributed by atoms with van der Waals surface area (Å²) >= 11 is 1.57. The van der Waals surface area contributed by atoms with E-state index < -0.39 is 29.0 Å². The molecule has 2 aromatic rings. The van der Waals surface area contributed by atoms with E-state index in [2.05, 4.69) is 20.9 Å². The summed E-state index contributed by atoms with van der Waals surface area (Å²) in [6.45, 7) is 0.319. The summed E-state index contributed by atoms with van der Waals surface area (Å²) in [5.74, 6) is -4.64. The average Bonchev–Trinajstić information content (AvgIpc) is 3.09. The van der Waals surface area contributed by atoms with Gasteiger partial charge in [-0.3, -0.25) is 9.79 Å². The highest BCUT2D eigenvalue weighted by molar-refractivity contribution is 7.09. The van der Waals surface area contributed by atoms with Crippen LogP contribution >= 0.6 is 11.3 Å². The van der Waals surface area contributed by atoms with Crippen molar-refractivity contribution in [3.63, 3.8) is 0 Å². The topological polar surface area (TPSA) is 65.5 Å². The summed E-state index contributed by atoms with van der Waals surface area (Å²) in [7, 11) is 1.54. The molecule has 1 amide bonds. The number of anilines is 1. The van der Waals surface area contributed by atoms with Crippen LogP contribution in [0.1, 0.15) is 4.88 Å². The van der Waals surface area contributed by atoms with E-state index in [1.54, 1.807) is 11.3 Å². The molecule has 0 saturated heterocycles. The number of rotatable bonds is 5. The molecule has 5 nitrogen and oxygen atoms in total. The molecule has 0 aliphatic rings. The third-order valence-corrected chi connectivity index (χ3v) is 3.84. The normalized spacial score (nSPS) is 11.2. The van der Waals surface area contributed by atoms with Gasteiger partial charge in [0, 0.05) is 11.9 Å². The Labute approximate surface area is 140 Å². The van der Waals surface area contributed by atoms with Crippen molar-refractivity contribution in [2.75, 3.05) is 18.9 Å². The largest absolute Gasteiger partial charge is 0.352 e. The zero-order valence-corrected chi connectivity index (χ0v) is 13.5. The molecular weight excluding hydrogens is 341 g/mol. The van der Waals surface area contributed by atoms with E-state index in [1.165, 1.54) is 7.05 Å². The highest BCUT2D eigenvalue weighted by atomic mass is 32.1. The number of amides is 1. The first-order valence-electron chi connectivity index (χ1n) is 6.91. The predicted molar refractivity (Wildman–Crippen MR) is 87.5 cm³/mol. The molecule has 0 atom stereocenters. The Bertz CT molecular complexity index is 735. The minimum atomic E-state index is -1.63. The lowest BCUT2D eigenvalue weighted by molar-refractivity contribution is -0.115. The van der Waals surface area contributed by atoms with E-state index in [0.29, 0.717) is 12.5 Å². The number of thiophene rings is 1. The Morgan fingerprint density at radius 1 is 1.17 bits per heavy atom. The van der Waals surface area contributed by atoms with E-state index in [0.717, 1.165) is 17.0 Å². The molecule has 24 heavy (non-hydrogen) atoms. The Balaban J connectivity index is 1.84. The molecule has 0 aliphatic heterocycles. The Morgan fingerprint density at radius 2 is 1.96 bits per heavy atom. The van der Waals surface area contributed by atoms with Gasteiger partial charge in [0.15, 0.2) is 23.4 Å². The predicted octanol–water partition coefficient (Wildman–Crippen LogP) is 2.47. The first-order chi connectivity index (χ1) is 11.5. The van der Waals surface area contributed by atoms with Gasteiger partial charge in [-0.1, -0.05) is 6.07 Å². The number of guanidine groups is 1. The average molecular weight is 356 g/mol. The first-order valence-corrected chi connectivity index (χ1v) is 7.79. The van der Waals surface area contributed by atoms with Gasteiger partial charge < -0.3 is 16.0 Å². The highest BCUT2D eigenvalue weighted by Crippen LogP contribution is 2.19. The number of nitrogens with one attached hydrogen (secondary N) is 3. The molecule has 0 radical (unpaired) electrons. The molecule has 3 N–H and O–H groups in total. The minimum absolute atomic E-state index is 0.220. The summed E-state index contributed by atoms with van der Waals surface area (Å²) in [5.41, 5.74) is -0.428. The lowest BCUT2D eigenvalue weighted by atomic mass is 10.2. The summed E-state index contributed by atoms with van der Waals surface area (Å²) in [6.07, 6.45) is 0. The molecule has 0 saturated carbocycles. The number of nitrogens with zero attached hydrogens (tertiary/aromatic N) is 1. The molecule has 0 bridgehead atoms. The highest BCUT2D eigenvalue weighted by Gasteiger charge is 2.15. The lowest BCUT2D eigenvalue weighted by Gasteiger charge is -2.12. The van der Waals surface area contributed by atoms with Crippen LogP contribution in [0.15, 0.2) is 34.6 Å². The summed E-state index contributed by atoms with van der Waals surface area (Å²) in [5, 5.41) is 9.85. The molecule has 1 heterocycles. The van der Waals surface area contributed by atoms with Crippen LogP contribution in [-0.2, 0) is 11.3 Å². The SMILES string of the molecule is CN=C(NCC(=O)Nc1ccc(F)c(F)c1F)NCc1cccs1. The molecule has 9 heteroatoms. The minimum Gasteiger partial charge on any atom is -0.352 e. The Hall–Kier alpha value is -2.55. The third-order valence-electron chi connectivity index (χ3n) is 2.96. The number of halogens is 3. The first kappa shape index (κ1) is 17.8. The second-order valence-electron chi connectivity index (χ2n) is 4.63. The van der Waals surface area contributed by atoms with Crippen LogP contribution in [-0.4, -0.2) is 25.5 Å². The fourth-order valence-electron chi connectivity index (χ4n) is 1.79. The number of benzene rings is 1. The van der Waals surface area contributed by atoms with Crippen molar-refractivity contribution in [2.45, 2.75) is 6.54 Å². The van der Waals surface area contributed by atoms with Gasteiger partial charge in [0.1, 0.15) is 0 Å². The maximum Gasteiger partial charge on any atom is 0.243 e. The Kier molecular flexibility index (Phi) is 6.19. The Morgan fingerprint density at radius 3 is 2.62 bits per heavy atom. The van der Waals surface area contributed by atoms with E-state index in [4.69, 9.17) is 0 Å². The van der Waals surface area contributed by atoms with Crippen molar-refractivity contribution in [1.29, 1.82) is 0 Å². The number of carbonyl (C=O) groups is 1. The van der Waals surface area contributed by atoms with Crippen LogP contribution in [0.4, 0.5) is 18.9 Å².